The van der Waals surface area contributed by atoms with Gasteiger partial charge in [-0.25, -0.2) is 4.99 Å². The van der Waals surface area contributed by atoms with E-state index in [-0.39, 0.29) is 12.0 Å². The Balaban J connectivity index is 1.96. The maximum atomic E-state index is 11.9. The maximum absolute atomic E-state index is 11.9. The highest BCUT2D eigenvalue weighted by Gasteiger charge is 2.40. The lowest BCUT2D eigenvalue weighted by molar-refractivity contribution is -0.162. The molecule has 0 amide bonds. The smallest absolute Gasteiger partial charge is 0.320 e. The highest BCUT2D eigenvalue weighted by Crippen LogP contribution is 2.33. The van der Waals surface area contributed by atoms with Gasteiger partial charge in [-0.1, -0.05) is 18.5 Å². The summed E-state index contributed by atoms with van der Waals surface area (Å²) in [6, 6.07) is 0.161. The van der Waals surface area contributed by atoms with Gasteiger partial charge in [0.05, 0.1) is 20.6 Å². The molecule has 0 spiro atoms. The van der Waals surface area contributed by atoms with E-state index in [9.17, 15) is 9.59 Å². The average Bonchev–Trinajstić information content (AvgIpc) is 2.62. The van der Waals surface area contributed by atoms with Crippen LogP contribution in [0.3, 0.4) is 0 Å². The summed E-state index contributed by atoms with van der Waals surface area (Å²) in [6.45, 7) is 2.04. The number of alkyl halides is 1. The Kier molecular flexibility index (Phi) is 6.84. The molecule has 0 bridgehead atoms. The monoisotopic (exact) mass is 371 g/mol. The van der Waals surface area contributed by atoms with Crippen molar-refractivity contribution in [3.63, 3.8) is 0 Å². The molecule has 0 radical (unpaired) electrons. The molecule has 0 aromatic rings. The summed E-state index contributed by atoms with van der Waals surface area (Å²) in [5.41, 5.74) is 1.02. The van der Waals surface area contributed by atoms with E-state index in [4.69, 9.17) is 21.1 Å². The zero-order valence-corrected chi connectivity index (χ0v) is 15.6. The number of nitrogens with one attached hydrogen (secondary N) is 2. The summed E-state index contributed by atoms with van der Waals surface area (Å²) in [5, 5.41) is 5.48. The van der Waals surface area contributed by atoms with Crippen molar-refractivity contribution in [2.75, 3.05) is 14.2 Å². The Morgan fingerprint density at radius 1 is 1.32 bits per heavy atom. The van der Waals surface area contributed by atoms with Crippen molar-refractivity contribution in [2.45, 2.75) is 50.2 Å². The quantitative estimate of drug-likeness (QED) is 0.321. The van der Waals surface area contributed by atoms with E-state index in [0.717, 1.165) is 25.0 Å². The minimum Gasteiger partial charge on any atom is -0.468 e. The average molecular weight is 372 g/mol. The van der Waals surface area contributed by atoms with Crippen LogP contribution in [0.2, 0.25) is 0 Å². The van der Waals surface area contributed by atoms with Crippen LogP contribution < -0.4 is 10.6 Å². The molecule has 1 saturated carbocycles. The molecule has 1 unspecified atom stereocenters. The van der Waals surface area contributed by atoms with E-state index < -0.39 is 23.0 Å². The van der Waals surface area contributed by atoms with Crippen molar-refractivity contribution < 1.29 is 19.1 Å². The molecule has 7 nitrogen and oxygen atoms in total. The van der Waals surface area contributed by atoms with E-state index in [2.05, 4.69) is 15.6 Å². The zero-order valence-electron chi connectivity index (χ0n) is 14.9. The number of carbonyl (C=O) groups is 2. The van der Waals surface area contributed by atoms with Gasteiger partial charge < -0.3 is 14.8 Å². The number of aliphatic imine (C=N–C) groups is 1. The molecule has 0 aromatic carbocycles. The lowest BCUT2D eigenvalue weighted by Gasteiger charge is -2.35. The first-order valence-electron chi connectivity index (χ1n) is 8.56. The van der Waals surface area contributed by atoms with Crippen LogP contribution in [0.4, 0.5) is 0 Å². The number of rotatable bonds is 6. The van der Waals surface area contributed by atoms with Crippen LogP contribution in [0.25, 0.3) is 0 Å². The first-order chi connectivity index (χ1) is 11.9. The topological polar surface area (TPSA) is 89.0 Å². The molecule has 140 valence electrons. The second-order valence-corrected chi connectivity index (χ2v) is 6.96. The fraction of sp³-hybridized carbons (Fsp3) is 0.706. The Bertz CT molecular complexity index is 542. The van der Waals surface area contributed by atoms with Gasteiger partial charge in [0.25, 0.3) is 0 Å². The van der Waals surface area contributed by atoms with E-state index in [1.165, 1.54) is 14.2 Å². The summed E-state index contributed by atoms with van der Waals surface area (Å²) in [5.74, 6) is -2.00. The molecule has 25 heavy (non-hydrogen) atoms. The van der Waals surface area contributed by atoms with Gasteiger partial charge in [-0.3, -0.25) is 14.9 Å². The van der Waals surface area contributed by atoms with Gasteiger partial charge in [0.15, 0.2) is 5.92 Å². The van der Waals surface area contributed by atoms with Gasteiger partial charge in [-0.2, -0.15) is 0 Å². The number of hydrogen-bond donors (Lipinski definition) is 2. The number of allylic oxidation sites excluding steroid dienone is 1. The molecule has 1 aliphatic carbocycles. The Labute approximate surface area is 153 Å². The number of halogens is 1. The number of nitrogens with zero attached hydrogens (tertiary/aromatic N) is 1. The van der Waals surface area contributed by atoms with Gasteiger partial charge in [-0.05, 0) is 44.1 Å². The number of carbonyl (C=O) groups excluding carboxylic acids is 2. The standard InChI is InChI=1S/C17H26ClN3O4/c1-4-12-9-17(18,20-10-19-12)21-13-7-5-11(6-8-13)14(15(22)24-2)16(23)25-3/h9-11,13-14,21H,4-8H2,1-3H3,(H,19,20). The first-order valence-corrected chi connectivity index (χ1v) is 8.94. The fourth-order valence-electron chi connectivity index (χ4n) is 3.42. The van der Waals surface area contributed by atoms with Crippen molar-refractivity contribution in [1.29, 1.82) is 0 Å². The van der Waals surface area contributed by atoms with E-state index >= 15 is 0 Å². The molecule has 8 heteroatoms. The molecule has 1 atom stereocenters. The van der Waals surface area contributed by atoms with E-state index in [0.29, 0.717) is 12.8 Å². The van der Waals surface area contributed by atoms with Crippen LogP contribution >= 0.6 is 11.6 Å². The summed E-state index contributed by atoms with van der Waals surface area (Å²) >= 11 is 6.55. The predicted octanol–water partition coefficient (Wildman–Crippen LogP) is 1.91. The molecule has 1 heterocycles. The molecule has 2 aliphatic rings. The summed E-state index contributed by atoms with van der Waals surface area (Å²) in [7, 11) is 2.57. The van der Waals surface area contributed by atoms with Gasteiger partial charge >= 0.3 is 11.9 Å². The van der Waals surface area contributed by atoms with Crippen molar-refractivity contribution in [3.8, 4) is 0 Å². The van der Waals surface area contributed by atoms with Gasteiger partial charge in [-0.15, -0.1) is 0 Å². The second-order valence-electron chi connectivity index (χ2n) is 6.38. The summed E-state index contributed by atoms with van der Waals surface area (Å²) in [4.78, 5) is 28.2. The molecule has 1 aliphatic heterocycles. The van der Waals surface area contributed by atoms with Crippen LogP contribution in [-0.2, 0) is 19.1 Å². The van der Waals surface area contributed by atoms with Gasteiger partial charge in [0, 0.05) is 11.7 Å². The van der Waals surface area contributed by atoms with Crippen LogP contribution in [0.5, 0.6) is 0 Å². The van der Waals surface area contributed by atoms with Crippen molar-refractivity contribution in [3.05, 3.63) is 11.8 Å². The zero-order chi connectivity index (χ0) is 18.4. The van der Waals surface area contributed by atoms with E-state index in [1.807, 2.05) is 13.0 Å². The fourth-order valence-corrected chi connectivity index (χ4v) is 3.76. The SMILES string of the molecule is CCC1=CC(Cl)(NC2CCC(C(C(=O)OC)C(=O)OC)CC2)N=CN1. The first kappa shape index (κ1) is 19.7. The molecule has 2 N–H and O–H groups in total. The lowest BCUT2D eigenvalue weighted by Crippen LogP contribution is -2.48. The second kappa shape index (κ2) is 8.67. The van der Waals surface area contributed by atoms with Crippen LogP contribution in [0, 0.1) is 11.8 Å². The highest BCUT2D eigenvalue weighted by molar-refractivity contribution is 6.25. The van der Waals surface area contributed by atoms with E-state index in [1.54, 1.807) is 6.34 Å². The lowest BCUT2D eigenvalue weighted by atomic mass is 9.78. The van der Waals surface area contributed by atoms with Gasteiger partial charge in [0.2, 0.25) is 5.12 Å². The molecule has 0 saturated heterocycles. The predicted molar refractivity (Wildman–Crippen MR) is 95.0 cm³/mol. The molecule has 1 fully saturated rings. The largest absolute Gasteiger partial charge is 0.468 e. The van der Waals surface area contributed by atoms with Crippen LogP contribution in [0.15, 0.2) is 16.8 Å². The van der Waals surface area contributed by atoms with Crippen molar-refractivity contribution in [2.24, 2.45) is 16.8 Å². The molecule has 2 rings (SSSR count). The normalized spacial score (nSPS) is 28.9. The Morgan fingerprint density at radius 2 is 1.92 bits per heavy atom. The molecule has 0 aromatic heterocycles. The number of hydrogen-bond acceptors (Lipinski definition) is 7. The summed E-state index contributed by atoms with van der Waals surface area (Å²) < 4.78 is 9.53. The minimum atomic E-state index is -0.946. The van der Waals surface area contributed by atoms with Crippen molar-refractivity contribution >= 4 is 29.9 Å². The number of esters is 2. The van der Waals surface area contributed by atoms with Crippen molar-refractivity contribution in [1.82, 2.24) is 10.6 Å². The third-order valence-electron chi connectivity index (χ3n) is 4.81. The molecular weight excluding hydrogens is 346 g/mol. The number of ether oxygens (including phenoxy) is 2. The highest BCUT2D eigenvalue weighted by atomic mass is 35.5. The third-order valence-corrected chi connectivity index (χ3v) is 5.12. The Morgan fingerprint density at radius 3 is 2.44 bits per heavy atom. The molecular formula is C17H26ClN3O4. The Hall–Kier alpha value is -1.60. The minimum absolute atomic E-state index is 0.0810. The maximum Gasteiger partial charge on any atom is 0.320 e. The summed E-state index contributed by atoms with van der Waals surface area (Å²) in [6.07, 6.45) is 7.34. The third kappa shape index (κ3) is 4.95. The van der Waals surface area contributed by atoms with Crippen LogP contribution in [0.1, 0.15) is 39.0 Å². The van der Waals surface area contributed by atoms with Crippen LogP contribution in [-0.4, -0.2) is 43.7 Å². The number of methoxy groups -OCH3 is 2. The van der Waals surface area contributed by atoms with Gasteiger partial charge in [0.1, 0.15) is 0 Å².